The maximum absolute atomic E-state index is 13.4. The Balaban J connectivity index is 1.34. The van der Waals surface area contributed by atoms with Gasteiger partial charge in [0.1, 0.15) is 22.8 Å². The van der Waals surface area contributed by atoms with Crippen molar-refractivity contribution in [3.8, 4) is 17.2 Å². The molecule has 0 unspecified atom stereocenters. The molecule has 0 aliphatic carbocycles. The molecule has 2 aromatic carbocycles. The average Bonchev–Trinajstić information content (AvgIpc) is 2.80. The predicted molar refractivity (Wildman–Crippen MR) is 122 cm³/mol. The summed E-state index contributed by atoms with van der Waals surface area (Å²) in [4.78, 5) is 26.1. The molecule has 0 saturated carbocycles. The maximum Gasteiger partial charge on any atom is 0.341 e. The zero-order valence-electron chi connectivity index (χ0n) is 19.3. The number of aliphatic carboxylic acids is 1. The average molecular weight is 468 g/mol. The van der Waals surface area contributed by atoms with Gasteiger partial charge in [0, 0.05) is 36.6 Å². The molecule has 0 bridgehead atoms. The minimum absolute atomic E-state index is 0.0272. The van der Waals surface area contributed by atoms with Gasteiger partial charge in [-0.2, -0.15) is 0 Å². The summed E-state index contributed by atoms with van der Waals surface area (Å²) in [6, 6.07) is 11.9. The number of likely N-dealkylation sites (tertiary alicyclic amines) is 1. The summed E-state index contributed by atoms with van der Waals surface area (Å²) in [6.07, 6.45) is 1.48. The van der Waals surface area contributed by atoms with Gasteiger partial charge < -0.3 is 29.3 Å². The van der Waals surface area contributed by atoms with Gasteiger partial charge >= 0.3 is 5.97 Å². The van der Waals surface area contributed by atoms with Crippen molar-refractivity contribution in [1.82, 2.24) is 4.90 Å². The van der Waals surface area contributed by atoms with Crippen LogP contribution in [0.3, 0.4) is 0 Å². The number of carboxylic acids is 1. The molecule has 34 heavy (non-hydrogen) atoms. The molecule has 0 aromatic heterocycles. The first kappa shape index (κ1) is 22.5. The van der Waals surface area contributed by atoms with Crippen LogP contribution in [0.1, 0.15) is 48.7 Å². The van der Waals surface area contributed by atoms with Crippen LogP contribution in [0.4, 0.5) is 0 Å². The highest BCUT2D eigenvalue weighted by Gasteiger charge is 2.51. The van der Waals surface area contributed by atoms with Crippen molar-refractivity contribution in [2.45, 2.75) is 44.5 Å². The van der Waals surface area contributed by atoms with Crippen molar-refractivity contribution in [2.75, 3.05) is 19.7 Å². The third kappa shape index (κ3) is 4.07. The number of hydrogen-bond donors (Lipinski definition) is 2. The molecule has 2 saturated heterocycles. The topological polar surface area (TPSA) is 106 Å². The number of amides is 1. The van der Waals surface area contributed by atoms with Crippen LogP contribution in [0, 0.1) is 11.8 Å². The molecule has 3 heterocycles. The number of carboxylic acid groups (broad SMARTS) is 1. The quantitative estimate of drug-likeness (QED) is 0.707. The van der Waals surface area contributed by atoms with Gasteiger partial charge in [-0.3, -0.25) is 4.79 Å². The van der Waals surface area contributed by atoms with Gasteiger partial charge in [-0.1, -0.05) is 12.1 Å². The Morgan fingerprint density at radius 1 is 1.21 bits per heavy atom. The number of nitrogens with zero attached hydrogens (tertiary/aromatic N) is 1. The van der Waals surface area contributed by atoms with E-state index in [9.17, 15) is 14.7 Å². The molecule has 1 amide bonds. The number of aromatic hydroxyl groups is 1. The first-order chi connectivity index (χ1) is 16.2. The molecule has 8 nitrogen and oxygen atoms in total. The highest BCUT2D eigenvalue weighted by Crippen LogP contribution is 2.53. The van der Waals surface area contributed by atoms with Crippen molar-refractivity contribution >= 4 is 11.9 Å². The Kier molecular flexibility index (Phi) is 5.64. The zero-order valence-corrected chi connectivity index (χ0v) is 19.3. The number of hydrogen-bond acceptors (Lipinski definition) is 6. The summed E-state index contributed by atoms with van der Waals surface area (Å²) in [6.45, 7) is 4.69. The second-order valence-electron chi connectivity index (χ2n) is 9.84. The largest absolute Gasteiger partial charge is 0.508 e. The second kappa shape index (κ2) is 8.51. The number of fused-ring (bicyclic) bond motifs is 4. The lowest BCUT2D eigenvalue weighted by molar-refractivity contribution is -0.184. The van der Waals surface area contributed by atoms with E-state index in [2.05, 4.69) is 0 Å². The summed E-state index contributed by atoms with van der Waals surface area (Å²) >= 11 is 0. The lowest BCUT2D eigenvalue weighted by Gasteiger charge is -2.53. The monoisotopic (exact) mass is 467 g/mol. The second-order valence-corrected chi connectivity index (χ2v) is 9.84. The lowest BCUT2D eigenvalue weighted by Crippen LogP contribution is -2.56. The molecule has 3 aliphatic rings. The van der Waals surface area contributed by atoms with Crippen LogP contribution in [0.5, 0.6) is 17.2 Å². The van der Waals surface area contributed by atoms with Crippen molar-refractivity contribution in [1.29, 1.82) is 0 Å². The summed E-state index contributed by atoms with van der Waals surface area (Å²) in [5.74, 6) is 0.113. The first-order valence-electron chi connectivity index (χ1n) is 11.6. The van der Waals surface area contributed by atoms with Crippen LogP contribution in [0.25, 0.3) is 0 Å². The van der Waals surface area contributed by atoms with Crippen LogP contribution < -0.4 is 9.47 Å². The number of phenolic OH excluding ortho intramolecular Hbond substituents is 1. The van der Waals surface area contributed by atoms with E-state index in [4.69, 9.17) is 19.3 Å². The number of ether oxygens (including phenoxy) is 3. The fraction of sp³-hybridized carbons (Fsp3) is 0.462. The number of rotatable bonds is 4. The number of phenols is 1. The minimum atomic E-state index is -1.09. The molecule has 3 aliphatic heterocycles. The number of carbonyl (C=O) groups is 2. The van der Waals surface area contributed by atoms with E-state index in [-0.39, 0.29) is 41.4 Å². The smallest absolute Gasteiger partial charge is 0.341 e. The van der Waals surface area contributed by atoms with E-state index in [1.807, 2.05) is 24.8 Å². The fourth-order valence-corrected chi connectivity index (χ4v) is 5.56. The summed E-state index contributed by atoms with van der Waals surface area (Å²) < 4.78 is 18.2. The molecule has 0 radical (unpaired) electrons. The van der Waals surface area contributed by atoms with Crippen LogP contribution in [0.2, 0.25) is 0 Å². The summed E-state index contributed by atoms with van der Waals surface area (Å²) in [5.41, 5.74) is 0.843. The van der Waals surface area contributed by atoms with Crippen LogP contribution in [-0.4, -0.2) is 58.4 Å². The Hall–Kier alpha value is -3.26. The standard InChI is InChI=1S/C26H29NO7/c1-26(2)19-11-15-13-27(25(31)18-5-3-4-6-21(18)32-14-23(29)30)10-9-20(15)33-24(19)17-8-7-16(28)12-22(17)34-26/h3-8,12,15,19-20,24,28H,9-11,13-14H2,1-2H3,(H,29,30)/t15-,19-,20-,24+/m1/s1. The fourth-order valence-electron chi connectivity index (χ4n) is 5.56. The number of carbonyl (C=O) groups excluding carboxylic acids is 1. The van der Waals surface area contributed by atoms with E-state index in [0.29, 0.717) is 30.8 Å². The highest BCUT2D eigenvalue weighted by molar-refractivity contribution is 5.97. The van der Waals surface area contributed by atoms with Gasteiger partial charge in [-0.25, -0.2) is 4.79 Å². The van der Waals surface area contributed by atoms with Gasteiger partial charge in [-0.15, -0.1) is 0 Å². The molecule has 2 N–H and O–H groups in total. The SMILES string of the molecule is CC1(C)Oc2cc(O)ccc2[C@@H]2O[C@@H]3CCN(C(=O)c4ccccc4OCC(=O)O)C[C@H]3C[C@H]21. The predicted octanol–water partition coefficient (Wildman–Crippen LogP) is 3.64. The third-order valence-electron chi connectivity index (χ3n) is 7.23. The molecule has 8 heteroatoms. The highest BCUT2D eigenvalue weighted by atomic mass is 16.5. The van der Waals surface area contributed by atoms with E-state index >= 15 is 0 Å². The van der Waals surface area contributed by atoms with Gasteiger partial charge in [0.15, 0.2) is 6.61 Å². The Bertz CT molecular complexity index is 1110. The van der Waals surface area contributed by atoms with Crippen molar-refractivity contribution in [3.05, 3.63) is 53.6 Å². The zero-order chi connectivity index (χ0) is 24.0. The van der Waals surface area contributed by atoms with Gasteiger partial charge in [0.25, 0.3) is 5.91 Å². The number of benzene rings is 2. The van der Waals surface area contributed by atoms with Crippen molar-refractivity contribution in [2.24, 2.45) is 11.8 Å². The Morgan fingerprint density at radius 2 is 2.00 bits per heavy atom. The normalized spacial score (nSPS) is 26.9. The number of piperidine rings is 1. The van der Waals surface area contributed by atoms with Crippen LogP contribution in [0.15, 0.2) is 42.5 Å². The summed E-state index contributed by atoms with van der Waals surface area (Å²) in [5, 5.41) is 18.8. The van der Waals surface area contributed by atoms with E-state index in [1.54, 1.807) is 36.4 Å². The van der Waals surface area contributed by atoms with Crippen molar-refractivity contribution < 1.29 is 34.0 Å². The Morgan fingerprint density at radius 3 is 2.79 bits per heavy atom. The molecule has 0 spiro atoms. The van der Waals surface area contributed by atoms with Crippen molar-refractivity contribution in [3.63, 3.8) is 0 Å². The lowest BCUT2D eigenvalue weighted by atomic mass is 9.70. The number of para-hydroxylation sites is 1. The van der Waals surface area contributed by atoms with Gasteiger partial charge in [0.2, 0.25) is 0 Å². The Labute approximate surface area is 198 Å². The molecule has 4 atom stereocenters. The molecule has 5 rings (SSSR count). The van der Waals surface area contributed by atoms with E-state index < -0.39 is 18.2 Å². The molecule has 2 aromatic rings. The molecule has 180 valence electrons. The molecule has 2 fully saturated rings. The minimum Gasteiger partial charge on any atom is -0.508 e. The summed E-state index contributed by atoms with van der Waals surface area (Å²) in [7, 11) is 0. The van der Waals surface area contributed by atoms with Gasteiger partial charge in [-0.05, 0) is 51.0 Å². The van der Waals surface area contributed by atoms with Crippen LogP contribution in [-0.2, 0) is 9.53 Å². The maximum atomic E-state index is 13.4. The van der Waals surface area contributed by atoms with Crippen LogP contribution >= 0.6 is 0 Å². The van der Waals surface area contributed by atoms with E-state index in [1.165, 1.54) is 0 Å². The molecular formula is C26H29NO7. The third-order valence-corrected chi connectivity index (χ3v) is 7.23. The first-order valence-corrected chi connectivity index (χ1v) is 11.6. The van der Waals surface area contributed by atoms with E-state index in [0.717, 1.165) is 12.0 Å². The van der Waals surface area contributed by atoms with Gasteiger partial charge in [0.05, 0.1) is 17.8 Å². The molecular weight excluding hydrogens is 438 g/mol.